The van der Waals surface area contributed by atoms with Gasteiger partial charge >= 0.3 is 0 Å². The molecule has 96 valence electrons. The first-order chi connectivity index (χ1) is 7.97. The first kappa shape index (κ1) is 14.5. The molecule has 0 bridgehead atoms. The summed E-state index contributed by atoms with van der Waals surface area (Å²) in [6.07, 6.45) is -4.96. The topological polar surface area (TPSA) is 40.5 Å². The number of halogens is 4. The third-order valence-corrected chi connectivity index (χ3v) is 2.83. The number of alkyl halides is 3. The van der Waals surface area contributed by atoms with Gasteiger partial charge in [-0.1, -0.05) is 28.1 Å². The van der Waals surface area contributed by atoms with Crippen LogP contribution in [0.5, 0.6) is 0 Å². The molecule has 0 spiro atoms. The van der Waals surface area contributed by atoms with E-state index in [-0.39, 0.29) is 12.0 Å². The number of benzene rings is 1. The van der Waals surface area contributed by atoms with Gasteiger partial charge in [0.2, 0.25) is 0 Å². The van der Waals surface area contributed by atoms with Gasteiger partial charge in [-0.15, -0.1) is 0 Å². The molecule has 2 atom stereocenters. The Hall–Kier alpha value is -0.590. The third-order valence-electron chi connectivity index (χ3n) is 2.37. The van der Waals surface area contributed by atoms with Crippen molar-refractivity contribution >= 4 is 15.9 Å². The quantitative estimate of drug-likeness (QED) is 0.821. The second kappa shape index (κ2) is 6.37. The third kappa shape index (κ3) is 3.69. The van der Waals surface area contributed by atoms with Gasteiger partial charge in [-0.2, -0.15) is 0 Å². The van der Waals surface area contributed by atoms with Gasteiger partial charge in [-0.25, -0.2) is 13.2 Å². The van der Waals surface area contributed by atoms with Gasteiger partial charge in [0.1, 0.15) is 11.9 Å². The van der Waals surface area contributed by atoms with E-state index in [2.05, 4.69) is 15.9 Å². The Kier molecular flexibility index (Phi) is 5.42. The van der Waals surface area contributed by atoms with Crippen molar-refractivity contribution in [1.82, 2.24) is 0 Å². The zero-order valence-electron chi connectivity index (χ0n) is 8.78. The molecule has 2 nitrogen and oxygen atoms in total. The van der Waals surface area contributed by atoms with Crippen LogP contribution in [0.4, 0.5) is 13.2 Å². The molecule has 1 aromatic rings. The fourth-order valence-electron chi connectivity index (χ4n) is 1.40. The minimum absolute atomic E-state index is 0.0837. The summed E-state index contributed by atoms with van der Waals surface area (Å²) in [4.78, 5) is 0. The maximum Gasteiger partial charge on any atom is 0.266 e. The largest absolute Gasteiger partial charge is 0.390 e. The zero-order chi connectivity index (χ0) is 13.0. The Morgan fingerprint density at radius 2 is 1.88 bits per heavy atom. The summed E-state index contributed by atoms with van der Waals surface area (Å²) >= 11 is 3.09. The molecule has 0 radical (unpaired) electrons. The Labute approximate surface area is 105 Å². The van der Waals surface area contributed by atoms with Crippen molar-refractivity contribution in [3.63, 3.8) is 0 Å². The van der Waals surface area contributed by atoms with Gasteiger partial charge in [0.15, 0.2) is 0 Å². The molecule has 2 unspecified atom stereocenters. The van der Waals surface area contributed by atoms with E-state index in [1.807, 2.05) is 0 Å². The van der Waals surface area contributed by atoms with E-state index in [1.54, 1.807) is 0 Å². The molecule has 0 fully saturated rings. The number of aliphatic hydroxyl groups excluding tert-OH is 2. The van der Waals surface area contributed by atoms with Crippen molar-refractivity contribution in [3.05, 3.63) is 35.1 Å². The van der Waals surface area contributed by atoms with Crippen LogP contribution in [0.3, 0.4) is 0 Å². The van der Waals surface area contributed by atoms with E-state index in [0.717, 1.165) is 12.1 Å². The molecule has 0 amide bonds. The maximum atomic E-state index is 13.2. The molecule has 0 aliphatic rings. The fraction of sp³-hybridized carbons (Fsp3) is 0.455. The lowest BCUT2D eigenvalue weighted by Crippen LogP contribution is -2.18. The van der Waals surface area contributed by atoms with Crippen molar-refractivity contribution in [3.8, 4) is 0 Å². The smallest absolute Gasteiger partial charge is 0.266 e. The normalized spacial score (nSPS) is 15.0. The molecule has 1 rings (SSSR count). The van der Waals surface area contributed by atoms with E-state index in [4.69, 9.17) is 0 Å². The van der Waals surface area contributed by atoms with Crippen LogP contribution < -0.4 is 0 Å². The highest BCUT2D eigenvalue weighted by atomic mass is 79.9. The number of hydrogen-bond donors (Lipinski definition) is 2. The predicted octanol–water partition coefficient (Wildman–Crippen LogP) is 2.94. The zero-order valence-corrected chi connectivity index (χ0v) is 10.4. The molecule has 6 heteroatoms. The Bertz CT molecular complexity index is 374. The highest BCUT2D eigenvalue weighted by Crippen LogP contribution is 2.26. The average Bonchev–Trinajstić information content (AvgIpc) is 2.27. The standard InChI is InChI=1S/C11H12BrF3O2/c12-4-3-9(16)10(17)6-1-2-7(11(14)15)8(13)5-6/h1-2,5,9-11,16-17H,3-4H2. The van der Waals surface area contributed by atoms with E-state index >= 15 is 0 Å². The van der Waals surface area contributed by atoms with E-state index in [0.29, 0.717) is 5.33 Å². The first-order valence-electron chi connectivity index (χ1n) is 4.97. The molecule has 0 aliphatic heterocycles. The van der Waals surface area contributed by atoms with Crippen molar-refractivity contribution < 1.29 is 23.4 Å². The van der Waals surface area contributed by atoms with Crippen LogP contribution in [-0.2, 0) is 0 Å². The molecule has 2 N–H and O–H groups in total. The molecule has 0 aliphatic carbocycles. The first-order valence-corrected chi connectivity index (χ1v) is 6.09. The summed E-state index contributed by atoms with van der Waals surface area (Å²) in [6.45, 7) is 0. The predicted molar refractivity (Wildman–Crippen MR) is 60.7 cm³/mol. The van der Waals surface area contributed by atoms with E-state index in [1.165, 1.54) is 6.07 Å². The van der Waals surface area contributed by atoms with Crippen molar-refractivity contribution in [2.75, 3.05) is 5.33 Å². The number of hydrogen-bond acceptors (Lipinski definition) is 2. The van der Waals surface area contributed by atoms with Crippen molar-refractivity contribution in [2.24, 2.45) is 0 Å². The summed E-state index contributed by atoms with van der Waals surface area (Å²) in [7, 11) is 0. The van der Waals surface area contributed by atoms with Gasteiger partial charge in [0.25, 0.3) is 6.43 Å². The number of rotatable bonds is 5. The summed E-state index contributed by atoms with van der Waals surface area (Å²) in [6, 6.07) is 2.93. The van der Waals surface area contributed by atoms with E-state index < -0.39 is 30.0 Å². The Balaban J connectivity index is 2.89. The maximum absolute atomic E-state index is 13.2. The van der Waals surface area contributed by atoms with Crippen molar-refractivity contribution in [2.45, 2.75) is 25.1 Å². The van der Waals surface area contributed by atoms with Crippen LogP contribution in [0.15, 0.2) is 18.2 Å². The van der Waals surface area contributed by atoms with Crippen molar-refractivity contribution in [1.29, 1.82) is 0 Å². The molecular weight excluding hydrogens is 301 g/mol. The van der Waals surface area contributed by atoms with Crippen LogP contribution in [0.2, 0.25) is 0 Å². The Morgan fingerprint density at radius 3 is 2.35 bits per heavy atom. The fourth-order valence-corrected chi connectivity index (χ4v) is 1.87. The van der Waals surface area contributed by atoms with Gasteiger partial charge in [-0.3, -0.25) is 0 Å². The van der Waals surface area contributed by atoms with Crippen LogP contribution in [0, 0.1) is 5.82 Å². The average molecular weight is 313 g/mol. The van der Waals surface area contributed by atoms with Gasteiger partial charge in [0, 0.05) is 5.33 Å². The second-order valence-electron chi connectivity index (χ2n) is 3.57. The summed E-state index contributed by atoms with van der Waals surface area (Å²) < 4.78 is 37.8. The minimum Gasteiger partial charge on any atom is -0.390 e. The molecule has 1 aromatic carbocycles. The van der Waals surface area contributed by atoms with Gasteiger partial charge in [0.05, 0.1) is 11.7 Å². The lowest BCUT2D eigenvalue weighted by atomic mass is 10.0. The van der Waals surface area contributed by atoms with E-state index in [9.17, 15) is 23.4 Å². The van der Waals surface area contributed by atoms with Crippen LogP contribution in [-0.4, -0.2) is 21.6 Å². The number of aliphatic hydroxyl groups is 2. The van der Waals surface area contributed by atoms with Crippen LogP contribution >= 0.6 is 15.9 Å². The lowest BCUT2D eigenvalue weighted by Gasteiger charge is -2.17. The molecule has 17 heavy (non-hydrogen) atoms. The summed E-state index contributed by atoms with van der Waals surface area (Å²) in [5, 5.41) is 19.6. The highest BCUT2D eigenvalue weighted by Gasteiger charge is 2.20. The Morgan fingerprint density at radius 1 is 1.24 bits per heavy atom. The van der Waals surface area contributed by atoms with Crippen LogP contribution in [0.25, 0.3) is 0 Å². The highest BCUT2D eigenvalue weighted by molar-refractivity contribution is 9.09. The molecule has 0 aromatic heterocycles. The summed E-state index contributed by atoms with van der Waals surface area (Å²) in [5.74, 6) is -1.08. The second-order valence-corrected chi connectivity index (χ2v) is 4.36. The molecule has 0 saturated carbocycles. The van der Waals surface area contributed by atoms with Gasteiger partial charge in [-0.05, 0) is 18.1 Å². The summed E-state index contributed by atoms with van der Waals surface area (Å²) in [5.41, 5.74) is -0.628. The molecular formula is C11H12BrF3O2. The monoisotopic (exact) mass is 312 g/mol. The molecule has 0 saturated heterocycles. The SMILES string of the molecule is OC(CCBr)C(O)c1ccc(C(F)F)c(F)c1. The van der Waals surface area contributed by atoms with Crippen LogP contribution in [0.1, 0.15) is 30.1 Å². The lowest BCUT2D eigenvalue weighted by molar-refractivity contribution is 0.0171. The molecule has 0 heterocycles. The minimum atomic E-state index is -2.89. The van der Waals surface area contributed by atoms with Gasteiger partial charge < -0.3 is 10.2 Å².